The van der Waals surface area contributed by atoms with E-state index in [9.17, 15) is 15.3 Å². The van der Waals surface area contributed by atoms with Crippen LogP contribution in [-0.2, 0) is 12.8 Å². The molecular formula is C20H21N3O3. The van der Waals surface area contributed by atoms with E-state index in [1.165, 1.54) is 21.8 Å². The van der Waals surface area contributed by atoms with Crippen LogP contribution in [-0.4, -0.2) is 30.1 Å². The molecular weight excluding hydrogens is 330 g/mol. The Bertz CT molecular complexity index is 992. The molecule has 4 rings (SSSR count). The average Bonchev–Trinajstić information content (AvgIpc) is 3.20. The Morgan fingerprint density at radius 2 is 1.69 bits per heavy atom. The first-order valence-corrected chi connectivity index (χ1v) is 8.78. The first kappa shape index (κ1) is 16.4. The summed E-state index contributed by atoms with van der Waals surface area (Å²) < 4.78 is 1.52. The smallest absolute Gasteiger partial charge is 0.319 e. The van der Waals surface area contributed by atoms with Crippen molar-refractivity contribution in [2.24, 2.45) is 0 Å². The molecule has 0 fully saturated rings. The molecule has 1 aliphatic carbocycles. The van der Waals surface area contributed by atoms with Crippen molar-refractivity contribution < 1.29 is 15.3 Å². The van der Waals surface area contributed by atoms with Crippen LogP contribution >= 0.6 is 0 Å². The number of benzene rings is 2. The number of aromatic hydroxyl groups is 3. The Hall–Kier alpha value is -3.02. The van der Waals surface area contributed by atoms with Gasteiger partial charge in [-0.1, -0.05) is 25.0 Å². The minimum atomic E-state index is -0.239. The van der Waals surface area contributed by atoms with Crippen LogP contribution in [0.25, 0.3) is 17.1 Å². The summed E-state index contributed by atoms with van der Waals surface area (Å²) in [7, 11) is 0. The van der Waals surface area contributed by atoms with E-state index in [0.717, 1.165) is 24.9 Å². The second-order valence-corrected chi connectivity index (χ2v) is 7.05. The zero-order valence-electron chi connectivity index (χ0n) is 14.8. The third kappa shape index (κ3) is 2.58. The third-order valence-corrected chi connectivity index (χ3v) is 4.99. The number of aromatic nitrogens is 3. The van der Waals surface area contributed by atoms with E-state index < -0.39 is 0 Å². The minimum absolute atomic E-state index is 0.0362. The molecule has 1 heterocycles. The van der Waals surface area contributed by atoms with Crippen molar-refractivity contribution >= 4 is 0 Å². The standard InChI is InChI=1S/C20H21N3O3/c1-11(2)15-9-16(18(25)10-17(15)24)19-21-22-20(26)23(19)14-7-6-12-4-3-5-13(12)8-14/h6-11,24-25H,3-5H2,1-2H3,(H,22,26). The number of phenolic OH excluding ortho intramolecular Hbond substituents is 2. The fourth-order valence-electron chi connectivity index (χ4n) is 3.62. The highest BCUT2D eigenvalue weighted by Gasteiger charge is 2.22. The third-order valence-electron chi connectivity index (χ3n) is 4.99. The van der Waals surface area contributed by atoms with E-state index in [1.807, 2.05) is 26.0 Å². The lowest BCUT2D eigenvalue weighted by atomic mass is 9.98. The lowest BCUT2D eigenvalue weighted by molar-refractivity contribution is 0.420. The van der Waals surface area contributed by atoms with Crippen molar-refractivity contribution in [1.82, 2.24) is 14.8 Å². The molecule has 134 valence electrons. The summed E-state index contributed by atoms with van der Waals surface area (Å²) >= 11 is 0. The molecule has 0 bridgehead atoms. The van der Waals surface area contributed by atoms with Gasteiger partial charge in [0.2, 0.25) is 0 Å². The van der Waals surface area contributed by atoms with E-state index >= 15 is 0 Å². The zero-order chi connectivity index (χ0) is 18.4. The van der Waals surface area contributed by atoms with Crippen LogP contribution in [0, 0.1) is 0 Å². The summed E-state index contributed by atoms with van der Waals surface area (Å²) in [5, 5.41) is 38.6. The van der Waals surface area contributed by atoms with Crippen LogP contribution in [0.2, 0.25) is 0 Å². The van der Waals surface area contributed by atoms with Crippen LogP contribution in [0.15, 0.2) is 30.3 Å². The highest BCUT2D eigenvalue weighted by Crippen LogP contribution is 2.39. The lowest BCUT2D eigenvalue weighted by Crippen LogP contribution is -2.00. The first-order valence-electron chi connectivity index (χ1n) is 8.78. The Morgan fingerprint density at radius 3 is 2.46 bits per heavy atom. The molecule has 0 atom stereocenters. The zero-order valence-corrected chi connectivity index (χ0v) is 14.8. The average molecular weight is 351 g/mol. The fourth-order valence-corrected chi connectivity index (χ4v) is 3.62. The van der Waals surface area contributed by atoms with E-state index in [1.54, 1.807) is 6.07 Å². The van der Waals surface area contributed by atoms with E-state index in [-0.39, 0.29) is 23.4 Å². The number of hydrogen-bond donors (Lipinski definition) is 3. The minimum Gasteiger partial charge on any atom is -0.508 e. The second kappa shape index (κ2) is 6.05. The van der Waals surface area contributed by atoms with Crippen LogP contribution in [0.1, 0.15) is 42.9 Å². The van der Waals surface area contributed by atoms with Crippen molar-refractivity contribution in [2.75, 3.05) is 0 Å². The predicted molar refractivity (Wildman–Crippen MR) is 97.9 cm³/mol. The Balaban J connectivity index is 1.89. The number of phenols is 2. The normalized spacial score (nSPS) is 13.3. The summed E-state index contributed by atoms with van der Waals surface area (Å²) in [6, 6.07) is 8.80. The number of fused-ring (bicyclic) bond motifs is 1. The molecule has 0 amide bonds. The second-order valence-electron chi connectivity index (χ2n) is 7.05. The number of aryl methyl sites for hydroxylation is 2. The van der Waals surface area contributed by atoms with Crippen molar-refractivity contribution in [3.8, 4) is 34.6 Å². The van der Waals surface area contributed by atoms with Gasteiger partial charge in [0.05, 0.1) is 11.3 Å². The highest BCUT2D eigenvalue weighted by atomic mass is 16.3. The summed E-state index contributed by atoms with van der Waals surface area (Å²) in [4.78, 5) is 0. The molecule has 1 aromatic heterocycles. The van der Waals surface area contributed by atoms with Crippen molar-refractivity contribution in [1.29, 1.82) is 0 Å². The maximum atomic E-state index is 10.4. The van der Waals surface area contributed by atoms with Gasteiger partial charge < -0.3 is 15.3 Å². The summed E-state index contributed by atoms with van der Waals surface area (Å²) in [6.07, 6.45) is 3.23. The van der Waals surface area contributed by atoms with Gasteiger partial charge in [-0.25, -0.2) is 4.57 Å². The fraction of sp³-hybridized carbons (Fsp3) is 0.300. The Labute approximate surface area is 151 Å². The molecule has 3 aromatic rings. The molecule has 0 radical (unpaired) electrons. The number of hydrogen-bond acceptors (Lipinski definition) is 5. The van der Waals surface area contributed by atoms with E-state index in [2.05, 4.69) is 16.3 Å². The maximum Gasteiger partial charge on any atom is 0.319 e. The molecule has 0 saturated carbocycles. The van der Waals surface area contributed by atoms with Crippen molar-refractivity contribution in [2.45, 2.75) is 39.0 Å². The van der Waals surface area contributed by atoms with Gasteiger partial charge in [0.15, 0.2) is 5.82 Å². The lowest BCUT2D eigenvalue weighted by Gasteiger charge is -2.14. The van der Waals surface area contributed by atoms with Crippen LogP contribution in [0.5, 0.6) is 17.5 Å². The molecule has 0 spiro atoms. The molecule has 3 N–H and O–H groups in total. The van der Waals surface area contributed by atoms with Gasteiger partial charge in [-0.3, -0.25) is 0 Å². The van der Waals surface area contributed by atoms with Crippen LogP contribution < -0.4 is 0 Å². The van der Waals surface area contributed by atoms with Gasteiger partial charge in [-0.2, -0.15) is 0 Å². The van der Waals surface area contributed by atoms with E-state index in [0.29, 0.717) is 17.0 Å². The first-order chi connectivity index (χ1) is 12.5. The van der Waals surface area contributed by atoms with Gasteiger partial charge >= 0.3 is 6.01 Å². The summed E-state index contributed by atoms with van der Waals surface area (Å²) in [6.45, 7) is 3.91. The SMILES string of the molecule is CC(C)c1cc(-c2nnc(O)n2-c2ccc3c(c2)CCC3)c(O)cc1O. The Kier molecular flexibility index (Phi) is 3.83. The van der Waals surface area contributed by atoms with Gasteiger partial charge in [0.1, 0.15) is 11.5 Å². The largest absolute Gasteiger partial charge is 0.508 e. The molecule has 0 unspecified atom stereocenters. The van der Waals surface area contributed by atoms with Gasteiger partial charge in [-0.05, 0) is 60.1 Å². The molecule has 1 aliphatic rings. The van der Waals surface area contributed by atoms with Crippen molar-refractivity contribution in [3.05, 3.63) is 47.0 Å². The molecule has 26 heavy (non-hydrogen) atoms. The molecule has 2 aromatic carbocycles. The maximum absolute atomic E-state index is 10.4. The number of nitrogens with zero attached hydrogens (tertiary/aromatic N) is 3. The quantitative estimate of drug-likeness (QED) is 0.670. The van der Waals surface area contributed by atoms with E-state index in [4.69, 9.17) is 0 Å². The molecule has 0 saturated heterocycles. The number of rotatable bonds is 3. The van der Waals surface area contributed by atoms with Crippen LogP contribution in [0.4, 0.5) is 0 Å². The van der Waals surface area contributed by atoms with Gasteiger partial charge in [-0.15, -0.1) is 5.10 Å². The van der Waals surface area contributed by atoms with Gasteiger partial charge in [0.25, 0.3) is 0 Å². The monoisotopic (exact) mass is 351 g/mol. The Morgan fingerprint density at radius 1 is 0.923 bits per heavy atom. The topological polar surface area (TPSA) is 91.4 Å². The predicted octanol–water partition coefficient (Wildman–Crippen LogP) is 3.66. The van der Waals surface area contributed by atoms with Crippen LogP contribution in [0.3, 0.4) is 0 Å². The highest BCUT2D eigenvalue weighted by molar-refractivity contribution is 5.70. The van der Waals surface area contributed by atoms with Crippen molar-refractivity contribution in [3.63, 3.8) is 0 Å². The molecule has 0 aliphatic heterocycles. The summed E-state index contributed by atoms with van der Waals surface area (Å²) in [5.74, 6) is 0.329. The molecule has 6 heteroatoms. The molecule has 6 nitrogen and oxygen atoms in total. The summed E-state index contributed by atoms with van der Waals surface area (Å²) in [5.41, 5.74) is 4.46. The van der Waals surface area contributed by atoms with Gasteiger partial charge in [0, 0.05) is 6.07 Å².